The summed E-state index contributed by atoms with van der Waals surface area (Å²) in [7, 11) is 0. The summed E-state index contributed by atoms with van der Waals surface area (Å²) in [5, 5.41) is 4.56. The van der Waals surface area contributed by atoms with Crippen LogP contribution in [0.15, 0.2) is 18.2 Å². The first kappa shape index (κ1) is 21.3. The van der Waals surface area contributed by atoms with Gasteiger partial charge >= 0.3 is 18.0 Å². The molecule has 0 spiro atoms. The van der Waals surface area contributed by atoms with Crippen molar-refractivity contribution in [1.82, 2.24) is 5.32 Å². The molecule has 0 aliphatic carbocycles. The van der Waals surface area contributed by atoms with Gasteiger partial charge in [-0.05, 0) is 30.5 Å². The normalized spacial score (nSPS) is 12.6. The minimum absolute atomic E-state index is 0.0801. The first-order valence-electron chi connectivity index (χ1n) is 8.14. The molecule has 25 heavy (non-hydrogen) atoms. The molecule has 0 aliphatic rings. The highest BCUT2D eigenvalue weighted by Crippen LogP contribution is 2.33. The van der Waals surface area contributed by atoms with E-state index in [1.807, 2.05) is 6.92 Å². The summed E-state index contributed by atoms with van der Waals surface area (Å²) in [4.78, 5) is 23.7. The number of carbonyl (C=O) groups excluding carboxylic acids is 2. The van der Waals surface area contributed by atoms with Gasteiger partial charge in [-0.2, -0.15) is 13.2 Å². The van der Waals surface area contributed by atoms with Gasteiger partial charge in [-0.1, -0.05) is 44.7 Å². The van der Waals surface area contributed by atoms with Gasteiger partial charge in [0.2, 0.25) is 0 Å². The van der Waals surface area contributed by atoms with Crippen LogP contribution in [-0.4, -0.2) is 18.4 Å². The van der Waals surface area contributed by atoms with E-state index >= 15 is 0 Å². The van der Waals surface area contributed by atoms with Crippen LogP contribution in [0.2, 0.25) is 5.02 Å². The van der Waals surface area contributed by atoms with Crippen LogP contribution in [0, 0.1) is 5.92 Å². The predicted molar refractivity (Wildman–Crippen MR) is 91.4 cm³/mol. The average molecular weight is 379 g/mol. The third kappa shape index (κ3) is 6.94. The van der Waals surface area contributed by atoms with E-state index in [1.165, 1.54) is 0 Å². The van der Waals surface area contributed by atoms with Gasteiger partial charge in [-0.25, -0.2) is 0 Å². The quantitative estimate of drug-likeness (QED) is 0.679. The van der Waals surface area contributed by atoms with E-state index in [4.69, 9.17) is 11.6 Å². The third-order valence-corrected chi connectivity index (χ3v) is 4.17. The molecule has 1 rings (SSSR count). The van der Waals surface area contributed by atoms with Crippen LogP contribution >= 0.6 is 11.6 Å². The lowest BCUT2D eigenvalue weighted by molar-refractivity contribution is -0.137. The molecule has 1 aromatic carbocycles. The van der Waals surface area contributed by atoms with Crippen molar-refractivity contribution in [2.75, 3.05) is 11.9 Å². The van der Waals surface area contributed by atoms with Crippen molar-refractivity contribution in [3.05, 3.63) is 28.8 Å². The Morgan fingerprint density at radius 3 is 2.44 bits per heavy atom. The maximum atomic E-state index is 12.7. The fraction of sp³-hybridized carbons (Fsp3) is 0.529. The van der Waals surface area contributed by atoms with E-state index in [0.717, 1.165) is 37.8 Å². The van der Waals surface area contributed by atoms with Gasteiger partial charge in [0.05, 0.1) is 16.3 Å². The van der Waals surface area contributed by atoms with Crippen molar-refractivity contribution < 1.29 is 22.8 Å². The smallest absolute Gasteiger partial charge is 0.348 e. The lowest BCUT2D eigenvalue weighted by Crippen LogP contribution is -2.38. The van der Waals surface area contributed by atoms with E-state index in [0.29, 0.717) is 12.6 Å². The molecule has 4 nitrogen and oxygen atoms in total. The zero-order chi connectivity index (χ0) is 19.0. The molecule has 140 valence electrons. The van der Waals surface area contributed by atoms with Gasteiger partial charge in [-0.3, -0.25) is 9.59 Å². The molecule has 0 aromatic heterocycles. The summed E-state index contributed by atoms with van der Waals surface area (Å²) in [6.45, 7) is 4.41. The maximum absolute atomic E-state index is 12.7. The highest BCUT2D eigenvalue weighted by atomic mass is 35.5. The highest BCUT2D eigenvalue weighted by Gasteiger charge is 2.31. The molecular weight excluding hydrogens is 357 g/mol. The summed E-state index contributed by atoms with van der Waals surface area (Å²) < 4.78 is 38.1. The maximum Gasteiger partial charge on any atom is 0.416 e. The van der Waals surface area contributed by atoms with Crippen molar-refractivity contribution in [2.24, 2.45) is 5.92 Å². The Balaban J connectivity index is 2.67. The molecule has 0 radical (unpaired) electrons. The fourth-order valence-electron chi connectivity index (χ4n) is 2.24. The lowest BCUT2D eigenvalue weighted by Gasteiger charge is -2.15. The molecule has 0 aliphatic heterocycles. The van der Waals surface area contributed by atoms with Crippen molar-refractivity contribution in [3.8, 4) is 0 Å². The summed E-state index contributed by atoms with van der Waals surface area (Å²) in [6.07, 6.45) is -0.699. The van der Waals surface area contributed by atoms with Crippen LogP contribution in [0.25, 0.3) is 0 Å². The molecule has 1 atom stereocenters. The Hall–Kier alpha value is -1.76. The van der Waals surface area contributed by atoms with Crippen LogP contribution in [0.5, 0.6) is 0 Å². The minimum atomic E-state index is -4.57. The van der Waals surface area contributed by atoms with Crippen LogP contribution in [0.3, 0.4) is 0 Å². The number of amides is 2. The van der Waals surface area contributed by atoms with E-state index in [1.54, 1.807) is 0 Å². The Kier molecular flexibility index (Phi) is 8.22. The second-order valence-electron chi connectivity index (χ2n) is 5.77. The molecule has 1 aromatic rings. The van der Waals surface area contributed by atoms with Gasteiger partial charge < -0.3 is 10.6 Å². The van der Waals surface area contributed by atoms with Crippen LogP contribution in [0.4, 0.5) is 18.9 Å². The minimum Gasteiger partial charge on any atom is -0.348 e. The third-order valence-electron chi connectivity index (χ3n) is 3.84. The lowest BCUT2D eigenvalue weighted by atomic mass is 9.99. The van der Waals surface area contributed by atoms with E-state index < -0.39 is 23.6 Å². The van der Waals surface area contributed by atoms with Gasteiger partial charge in [0.15, 0.2) is 0 Å². The molecule has 0 saturated heterocycles. The number of rotatable bonds is 7. The number of halogens is 4. The fourth-order valence-corrected chi connectivity index (χ4v) is 2.40. The zero-order valence-electron chi connectivity index (χ0n) is 14.2. The van der Waals surface area contributed by atoms with E-state index in [2.05, 4.69) is 17.6 Å². The number of hydrogen-bond donors (Lipinski definition) is 2. The molecule has 2 amide bonds. The van der Waals surface area contributed by atoms with Gasteiger partial charge in [0.1, 0.15) is 0 Å². The number of carbonyl (C=O) groups is 2. The highest BCUT2D eigenvalue weighted by molar-refractivity contribution is 6.41. The number of alkyl halides is 3. The van der Waals surface area contributed by atoms with E-state index in [9.17, 15) is 22.8 Å². The van der Waals surface area contributed by atoms with Crippen LogP contribution in [0.1, 0.15) is 45.1 Å². The Bertz CT molecular complexity index is 606. The number of nitrogens with one attached hydrogen (secondary N) is 2. The molecule has 2 N–H and O–H groups in total. The number of hydrogen-bond acceptors (Lipinski definition) is 2. The number of unbranched alkanes of at least 4 members (excludes halogenated alkanes) is 1. The van der Waals surface area contributed by atoms with Crippen LogP contribution < -0.4 is 10.6 Å². The van der Waals surface area contributed by atoms with Crippen molar-refractivity contribution in [3.63, 3.8) is 0 Å². The SMILES string of the molecule is CCCC[C@@H](CC)CNC(=O)C(=O)Nc1cc(C(F)(F)F)ccc1Cl. The standard InChI is InChI=1S/C17H22ClF3N2O2/c1-3-5-6-11(4-2)10-22-15(24)16(25)23-14-9-12(17(19,20)21)7-8-13(14)18/h7-9,11H,3-6,10H2,1-2H3,(H,22,24)(H,23,25)/t11-/m1/s1. The van der Waals surface area contributed by atoms with Gasteiger partial charge in [0.25, 0.3) is 0 Å². The molecular formula is C17H22ClF3N2O2. The van der Waals surface area contributed by atoms with Crippen molar-refractivity contribution in [2.45, 2.75) is 45.7 Å². The molecule has 0 fully saturated rings. The number of anilines is 1. The van der Waals surface area contributed by atoms with Gasteiger partial charge in [-0.15, -0.1) is 0 Å². The first-order chi connectivity index (χ1) is 11.7. The predicted octanol–water partition coefficient (Wildman–Crippen LogP) is 4.63. The Morgan fingerprint density at radius 2 is 1.88 bits per heavy atom. The van der Waals surface area contributed by atoms with E-state index in [-0.39, 0.29) is 16.6 Å². The molecule has 0 unspecified atom stereocenters. The monoisotopic (exact) mass is 378 g/mol. The Labute approximate surface area is 150 Å². The summed E-state index contributed by atoms with van der Waals surface area (Å²) >= 11 is 5.79. The summed E-state index contributed by atoms with van der Waals surface area (Å²) in [5.74, 6) is -1.69. The molecule has 0 saturated carbocycles. The van der Waals surface area contributed by atoms with Crippen molar-refractivity contribution >= 4 is 29.1 Å². The topological polar surface area (TPSA) is 58.2 Å². The molecule has 8 heteroatoms. The average Bonchev–Trinajstić information content (AvgIpc) is 2.55. The number of benzene rings is 1. The molecule has 0 heterocycles. The second kappa shape index (κ2) is 9.65. The second-order valence-corrected chi connectivity index (χ2v) is 6.18. The van der Waals surface area contributed by atoms with Crippen LogP contribution in [-0.2, 0) is 15.8 Å². The first-order valence-corrected chi connectivity index (χ1v) is 8.52. The summed E-state index contributed by atoms with van der Waals surface area (Å²) in [5.41, 5.74) is -1.21. The summed E-state index contributed by atoms with van der Waals surface area (Å²) in [6, 6.07) is 2.52. The zero-order valence-corrected chi connectivity index (χ0v) is 14.9. The van der Waals surface area contributed by atoms with Crippen molar-refractivity contribution in [1.29, 1.82) is 0 Å². The largest absolute Gasteiger partial charge is 0.416 e. The van der Waals surface area contributed by atoms with Gasteiger partial charge in [0, 0.05) is 6.54 Å². The molecule has 0 bridgehead atoms. The Morgan fingerprint density at radius 1 is 1.20 bits per heavy atom.